The molecule has 3 aromatic heterocycles. The van der Waals surface area contributed by atoms with Crippen molar-refractivity contribution in [3.63, 3.8) is 0 Å². The summed E-state index contributed by atoms with van der Waals surface area (Å²) in [5.41, 5.74) is 3.06. The van der Waals surface area contributed by atoms with E-state index < -0.39 is 0 Å². The largest absolute Gasteiger partial charge is 0.347 e. The number of piperidine rings is 1. The topological polar surface area (TPSA) is 60.4 Å². The van der Waals surface area contributed by atoms with Crippen LogP contribution in [0.2, 0.25) is 0 Å². The molecule has 2 saturated heterocycles. The number of thiazole rings is 1. The van der Waals surface area contributed by atoms with Crippen molar-refractivity contribution in [1.82, 2.24) is 15.0 Å². The van der Waals surface area contributed by atoms with Crippen LogP contribution < -0.4 is 4.90 Å². The molecule has 8 heteroatoms. The minimum Gasteiger partial charge on any atom is -0.347 e. The molecule has 0 aliphatic carbocycles. The molecule has 0 atom stereocenters. The van der Waals surface area contributed by atoms with Crippen molar-refractivity contribution in [2.24, 2.45) is 0 Å². The number of thiophene rings is 1. The molecule has 2 aliphatic rings. The summed E-state index contributed by atoms with van der Waals surface area (Å²) in [6, 6.07) is 2.10. The number of hydrogen-bond acceptors (Lipinski definition) is 8. The van der Waals surface area contributed by atoms with Crippen molar-refractivity contribution in [1.29, 1.82) is 0 Å². The molecule has 2 fully saturated rings. The Balaban J connectivity index is 1.46. The number of ether oxygens (including phenoxy) is 2. The van der Waals surface area contributed by atoms with E-state index in [1.54, 1.807) is 22.7 Å². The smallest absolute Gasteiger partial charge is 0.225 e. The van der Waals surface area contributed by atoms with Gasteiger partial charge >= 0.3 is 0 Å². The predicted octanol–water partition coefficient (Wildman–Crippen LogP) is 3.67. The highest BCUT2D eigenvalue weighted by Gasteiger charge is 2.40. The lowest BCUT2D eigenvalue weighted by atomic mass is 10.0. The zero-order chi connectivity index (χ0) is 17.4. The Kier molecular flexibility index (Phi) is 4.20. The normalized spacial score (nSPS) is 19.3. The molecule has 0 unspecified atom stereocenters. The number of aromatic nitrogens is 3. The molecule has 0 saturated carbocycles. The van der Waals surface area contributed by atoms with Crippen LogP contribution in [0.25, 0.3) is 21.8 Å². The number of anilines is 1. The van der Waals surface area contributed by atoms with Crippen LogP contribution in [-0.4, -0.2) is 47.0 Å². The standard InChI is InChI=1S/C18H18N4O2S2/c1-9-25-12-13(1)14-11-20-17(21-15(14)16-19-4-10-26-16)22-5-2-18(3-6-22)23-7-8-24-18/h1,4,9-12H,2-3,5-8H2. The summed E-state index contributed by atoms with van der Waals surface area (Å²) in [6.45, 7) is 3.05. The van der Waals surface area contributed by atoms with Gasteiger partial charge in [-0.05, 0) is 22.4 Å². The van der Waals surface area contributed by atoms with Gasteiger partial charge in [-0.25, -0.2) is 15.0 Å². The first-order chi connectivity index (χ1) is 12.8. The average molecular weight is 387 g/mol. The van der Waals surface area contributed by atoms with Crippen molar-refractivity contribution in [2.45, 2.75) is 18.6 Å². The lowest BCUT2D eigenvalue weighted by Crippen LogP contribution is -2.45. The van der Waals surface area contributed by atoms with Gasteiger partial charge in [0.25, 0.3) is 0 Å². The number of hydrogen-bond donors (Lipinski definition) is 0. The summed E-state index contributed by atoms with van der Waals surface area (Å²) in [5.74, 6) is 0.368. The van der Waals surface area contributed by atoms with Crippen molar-refractivity contribution in [3.05, 3.63) is 34.6 Å². The molecule has 3 aromatic rings. The fraction of sp³-hybridized carbons (Fsp3) is 0.389. The van der Waals surface area contributed by atoms with Gasteiger partial charge in [0.05, 0.1) is 13.2 Å². The number of nitrogens with zero attached hydrogens (tertiary/aromatic N) is 4. The van der Waals surface area contributed by atoms with Gasteiger partial charge in [0.2, 0.25) is 5.95 Å². The molecule has 26 heavy (non-hydrogen) atoms. The molecule has 0 amide bonds. The maximum atomic E-state index is 5.82. The van der Waals surface area contributed by atoms with Crippen molar-refractivity contribution in [2.75, 3.05) is 31.2 Å². The highest BCUT2D eigenvalue weighted by Crippen LogP contribution is 2.36. The first kappa shape index (κ1) is 16.3. The highest BCUT2D eigenvalue weighted by molar-refractivity contribution is 7.13. The Bertz CT molecular complexity index is 867. The van der Waals surface area contributed by atoms with Gasteiger partial charge in [-0.2, -0.15) is 11.3 Å². The quantitative estimate of drug-likeness (QED) is 0.684. The van der Waals surface area contributed by atoms with E-state index in [2.05, 4.69) is 31.7 Å². The van der Waals surface area contributed by atoms with Gasteiger partial charge in [0.1, 0.15) is 10.7 Å². The van der Waals surface area contributed by atoms with Crippen LogP contribution >= 0.6 is 22.7 Å². The van der Waals surface area contributed by atoms with E-state index in [9.17, 15) is 0 Å². The minimum atomic E-state index is -0.384. The van der Waals surface area contributed by atoms with Gasteiger partial charge in [-0.15, -0.1) is 11.3 Å². The summed E-state index contributed by atoms with van der Waals surface area (Å²) < 4.78 is 11.6. The molecule has 5 heterocycles. The van der Waals surface area contributed by atoms with E-state index in [-0.39, 0.29) is 5.79 Å². The van der Waals surface area contributed by atoms with Crippen LogP contribution in [0.4, 0.5) is 5.95 Å². The Morgan fingerprint density at radius 1 is 1.08 bits per heavy atom. The van der Waals surface area contributed by atoms with Crippen LogP contribution in [-0.2, 0) is 9.47 Å². The lowest BCUT2D eigenvalue weighted by Gasteiger charge is -2.37. The number of rotatable bonds is 3. The lowest BCUT2D eigenvalue weighted by molar-refractivity contribution is -0.169. The van der Waals surface area contributed by atoms with Gasteiger partial charge in [0.15, 0.2) is 5.79 Å². The molecule has 6 nitrogen and oxygen atoms in total. The van der Waals surface area contributed by atoms with Crippen LogP contribution in [0.5, 0.6) is 0 Å². The van der Waals surface area contributed by atoms with Gasteiger partial charge in [-0.3, -0.25) is 0 Å². The van der Waals surface area contributed by atoms with Crippen LogP contribution in [0.3, 0.4) is 0 Å². The average Bonchev–Trinajstić information content (AvgIpc) is 3.45. The zero-order valence-electron chi connectivity index (χ0n) is 14.1. The minimum absolute atomic E-state index is 0.384. The van der Waals surface area contributed by atoms with Gasteiger partial charge in [0, 0.05) is 49.3 Å². The fourth-order valence-corrected chi connectivity index (χ4v) is 4.79. The Labute approximate surface area is 159 Å². The zero-order valence-corrected chi connectivity index (χ0v) is 15.8. The second-order valence-corrected chi connectivity index (χ2v) is 8.05. The second-order valence-electron chi connectivity index (χ2n) is 6.38. The van der Waals surface area contributed by atoms with E-state index in [4.69, 9.17) is 14.5 Å². The van der Waals surface area contributed by atoms with Crippen molar-refractivity contribution < 1.29 is 9.47 Å². The van der Waals surface area contributed by atoms with E-state index in [0.29, 0.717) is 13.2 Å². The van der Waals surface area contributed by atoms with Crippen molar-refractivity contribution in [3.8, 4) is 21.8 Å². The molecule has 0 bridgehead atoms. The summed E-state index contributed by atoms with van der Waals surface area (Å²) in [4.78, 5) is 16.2. The summed E-state index contributed by atoms with van der Waals surface area (Å²) in [6.07, 6.45) is 5.43. The third-order valence-corrected chi connectivity index (χ3v) is 6.33. The first-order valence-corrected chi connectivity index (χ1v) is 10.5. The maximum absolute atomic E-state index is 5.82. The van der Waals surface area contributed by atoms with Crippen LogP contribution in [0.1, 0.15) is 12.8 Å². The van der Waals surface area contributed by atoms with E-state index in [1.807, 2.05) is 17.8 Å². The Hall–Kier alpha value is -1.87. The fourth-order valence-electron chi connectivity index (χ4n) is 3.49. The Morgan fingerprint density at radius 2 is 1.92 bits per heavy atom. The summed E-state index contributed by atoms with van der Waals surface area (Å²) in [5, 5.41) is 7.09. The second kappa shape index (κ2) is 6.70. The molecule has 134 valence electrons. The predicted molar refractivity (Wildman–Crippen MR) is 103 cm³/mol. The monoisotopic (exact) mass is 386 g/mol. The maximum Gasteiger partial charge on any atom is 0.225 e. The molecule has 5 rings (SSSR count). The van der Waals surface area contributed by atoms with Crippen LogP contribution in [0, 0.1) is 0 Å². The molecular formula is C18H18N4O2S2. The molecule has 0 N–H and O–H groups in total. The SMILES string of the molecule is c1csc(-c2nc(N3CCC4(CC3)OCCO4)ncc2-c2ccsc2)n1. The van der Waals surface area contributed by atoms with Gasteiger partial charge in [-0.1, -0.05) is 0 Å². The molecular weight excluding hydrogens is 368 g/mol. The molecule has 1 spiro atoms. The summed E-state index contributed by atoms with van der Waals surface area (Å²) >= 11 is 3.27. The molecule has 2 aliphatic heterocycles. The van der Waals surface area contributed by atoms with Crippen molar-refractivity contribution >= 4 is 28.6 Å². The highest BCUT2D eigenvalue weighted by atomic mass is 32.1. The van der Waals surface area contributed by atoms with E-state index >= 15 is 0 Å². The van der Waals surface area contributed by atoms with E-state index in [0.717, 1.165) is 53.7 Å². The third kappa shape index (κ3) is 2.92. The Morgan fingerprint density at radius 3 is 2.62 bits per heavy atom. The summed E-state index contributed by atoms with van der Waals surface area (Å²) in [7, 11) is 0. The van der Waals surface area contributed by atoms with E-state index in [1.165, 1.54) is 0 Å². The third-order valence-electron chi connectivity index (χ3n) is 4.86. The first-order valence-electron chi connectivity index (χ1n) is 8.65. The van der Waals surface area contributed by atoms with Crippen LogP contribution in [0.15, 0.2) is 34.6 Å². The van der Waals surface area contributed by atoms with Gasteiger partial charge < -0.3 is 14.4 Å². The molecule has 0 aromatic carbocycles. The molecule has 0 radical (unpaired) electrons.